The van der Waals surface area contributed by atoms with E-state index in [-0.39, 0.29) is 0 Å². The van der Waals surface area contributed by atoms with Crippen molar-refractivity contribution < 1.29 is 0 Å². The van der Waals surface area contributed by atoms with Crippen LogP contribution in [0.4, 0.5) is 0 Å². The molecule has 5 heterocycles. The minimum atomic E-state index is 0.772. The quantitative estimate of drug-likeness (QED) is 0.472. The van der Waals surface area contributed by atoms with Crippen LogP contribution in [-0.2, 0) is 0 Å². The lowest BCUT2D eigenvalue weighted by Crippen LogP contribution is -1.90. The summed E-state index contributed by atoms with van der Waals surface area (Å²) in [7, 11) is 0. The maximum absolute atomic E-state index is 4.87. The highest BCUT2D eigenvalue weighted by Crippen LogP contribution is 2.27. The second-order valence-electron chi connectivity index (χ2n) is 6.90. The third-order valence-electron chi connectivity index (χ3n) is 5.06. The number of hydrogen-bond acceptors (Lipinski definition) is 5. The fraction of sp³-hybridized carbons (Fsp3) is 0. The van der Waals surface area contributed by atoms with E-state index in [1.807, 2.05) is 36.7 Å². The van der Waals surface area contributed by atoms with Crippen LogP contribution in [0.25, 0.3) is 55.4 Å². The summed E-state index contributed by atoms with van der Waals surface area (Å²) < 4.78 is 0. The number of fused-ring (bicyclic) bond motifs is 3. The monoisotopic (exact) mass is 374 g/mol. The summed E-state index contributed by atoms with van der Waals surface area (Å²) in [4.78, 5) is 18.3. The van der Waals surface area contributed by atoms with Crippen molar-refractivity contribution in [1.82, 2.24) is 30.1 Å². The Labute approximate surface area is 165 Å². The van der Waals surface area contributed by atoms with Gasteiger partial charge in [-0.05, 0) is 42.5 Å². The fourth-order valence-electron chi connectivity index (χ4n) is 3.55. The number of pyridine rings is 4. The van der Waals surface area contributed by atoms with Crippen molar-refractivity contribution in [3.8, 4) is 22.4 Å². The van der Waals surface area contributed by atoms with Crippen LogP contribution in [0.1, 0.15) is 0 Å². The largest absolute Gasteiger partial charge is 0.261 e. The summed E-state index contributed by atoms with van der Waals surface area (Å²) in [6.45, 7) is 0. The van der Waals surface area contributed by atoms with Crippen molar-refractivity contribution >= 4 is 33.0 Å². The van der Waals surface area contributed by atoms with E-state index in [9.17, 15) is 0 Å². The van der Waals surface area contributed by atoms with Gasteiger partial charge in [0.2, 0.25) is 0 Å². The molecule has 136 valence electrons. The first-order valence-corrected chi connectivity index (χ1v) is 9.25. The van der Waals surface area contributed by atoms with Crippen LogP contribution in [0.5, 0.6) is 0 Å². The second kappa shape index (κ2) is 6.17. The predicted molar refractivity (Wildman–Crippen MR) is 113 cm³/mol. The Morgan fingerprint density at radius 1 is 0.621 bits per heavy atom. The molecular weight excluding hydrogens is 360 g/mol. The van der Waals surface area contributed by atoms with Gasteiger partial charge in [-0.2, -0.15) is 5.10 Å². The first-order chi connectivity index (χ1) is 14.3. The van der Waals surface area contributed by atoms with Crippen LogP contribution in [0.15, 0.2) is 79.4 Å². The number of aromatic nitrogens is 6. The van der Waals surface area contributed by atoms with Gasteiger partial charge in [-0.1, -0.05) is 12.1 Å². The number of hydrogen-bond donors (Lipinski definition) is 1. The van der Waals surface area contributed by atoms with Crippen LogP contribution in [-0.4, -0.2) is 30.1 Å². The van der Waals surface area contributed by atoms with Gasteiger partial charge >= 0.3 is 0 Å². The lowest BCUT2D eigenvalue weighted by atomic mass is 10.1. The van der Waals surface area contributed by atoms with Crippen molar-refractivity contribution in [3.63, 3.8) is 0 Å². The topological polar surface area (TPSA) is 80.2 Å². The van der Waals surface area contributed by atoms with E-state index in [0.717, 1.165) is 55.4 Å². The van der Waals surface area contributed by atoms with Gasteiger partial charge in [-0.25, -0.2) is 9.97 Å². The normalized spacial score (nSPS) is 11.4. The summed E-state index contributed by atoms with van der Waals surface area (Å²) in [6.07, 6.45) is 7.25. The third-order valence-corrected chi connectivity index (χ3v) is 5.06. The average Bonchev–Trinajstić information content (AvgIpc) is 3.26. The van der Waals surface area contributed by atoms with Crippen LogP contribution in [0, 0.1) is 0 Å². The number of aromatic amines is 1. The summed E-state index contributed by atoms with van der Waals surface area (Å²) in [5.74, 6) is 0. The molecular formula is C23H14N6. The molecule has 0 aliphatic carbocycles. The molecule has 0 unspecified atom stereocenters. The van der Waals surface area contributed by atoms with Gasteiger partial charge in [-0.15, -0.1) is 0 Å². The van der Waals surface area contributed by atoms with Crippen molar-refractivity contribution in [1.29, 1.82) is 0 Å². The number of nitrogens with one attached hydrogen (secondary N) is 1. The SMILES string of the molecule is c1cnc2ccc(-c3ccc4ncc(-c5cnc6[nH]ncc6c5)cc4n3)cc2c1. The molecule has 0 atom stereocenters. The highest BCUT2D eigenvalue weighted by atomic mass is 15.1. The molecule has 0 bridgehead atoms. The second-order valence-corrected chi connectivity index (χ2v) is 6.90. The van der Waals surface area contributed by atoms with Crippen molar-refractivity contribution in [2.24, 2.45) is 0 Å². The van der Waals surface area contributed by atoms with Gasteiger partial charge in [0.05, 0.1) is 28.4 Å². The molecule has 6 nitrogen and oxygen atoms in total. The molecule has 29 heavy (non-hydrogen) atoms. The molecule has 6 heteroatoms. The predicted octanol–water partition coefficient (Wildman–Crippen LogP) is 4.78. The molecule has 0 saturated carbocycles. The van der Waals surface area contributed by atoms with Crippen LogP contribution >= 0.6 is 0 Å². The van der Waals surface area contributed by atoms with Gasteiger partial charge < -0.3 is 0 Å². The van der Waals surface area contributed by atoms with E-state index >= 15 is 0 Å². The number of nitrogens with zero attached hydrogens (tertiary/aromatic N) is 5. The Morgan fingerprint density at radius 2 is 1.48 bits per heavy atom. The fourth-order valence-corrected chi connectivity index (χ4v) is 3.55. The number of H-pyrrole nitrogens is 1. The van der Waals surface area contributed by atoms with E-state index in [2.05, 4.69) is 55.5 Å². The Bertz CT molecular complexity index is 1520. The third kappa shape index (κ3) is 2.70. The Balaban J connectivity index is 1.47. The van der Waals surface area contributed by atoms with Crippen LogP contribution < -0.4 is 0 Å². The smallest absolute Gasteiger partial charge is 0.155 e. The molecule has 0 fully saturated rings. The molecule has 0 amide bonds. The molecule has 0 radical (unpaired) electrons. The zero-order chi connectivity index (χ0) is 19.2. The average molecular weight is 374 g/mol. The molecule has 0 spiro atoms. The Hall–Kier alpha value is -4.19. The first kappa shape index (κ1) is 15.8. The van der Waals surface area contributed by atoms with E-state index < -0.39 is 0 Å². The van der Waals surface area contributed by atoms with Crippen molar-refractivity contribution in [2.75, 3.05) is 0 Å². The molecule has 6 aromatic rings. The summed E-state index contributed by atoms with van der Waals surface area (Å²) in [5.41, 5.74) is 7.37. The summed E-state index contributed by atoms with van der Waals surface area (Å²) in [5, 5.41) is 8.97. The van der Waals surface area contributed by atoms with Crippen molar-refractivity contribution in [3.05, 3.63) is 79.4 Å². The van der Waals surface area contributed by atoms with E-state index in [1.165, 1.54) is 0 Å². The molecule has 6 rings (SSSR count). The van der Waals surface area contributed by atoms with Gasteiger partial charge in [0.15, 0.2) is 5.65 Å². The number of rotatable bonds is 2. The van der Waals surface area contributed by atoms with Crippen molar-refractivity contribution in [2.45, 2.75) is 0 Å². The highest BCUT2D eigenvalue weighted by Gasteiger charge is 2.08. The maximum Gasteiger partial charge on any atom is 0.155 e. The molecule has 5 aromatic heterocycles. The standard InChI is InChI=1S/C23H14N6/c1-2-14-8-15(3-4-19(14)24-7-1)20-5-6-21-22(28-20)10-17(11-25-21)16-9-18-13-27-29-23(18)26-12-16/h1-13H,(H,26,27,29). The zero-order valence-electron chi connectivity index (χ0n) is 15.2. The highest BCUT2D eigenvalue weighted by molar-refractivity contribution is 5.87. The molecule has 0 saturated heterocycles. The number of benzene rings is 1. The van der Waals surface area contributed by atoms with E-state index in [1.54, 1.807) is 12.4 Å². The van der Waals surface area contributed by atoms with E-state index in [4.69, 9.17) is 4.98 Å². The maximum atomic E-state index is 4.87. The van der Waals surface area contributed by atoms with Gasteiger partial charge in [0.25, 0.3) is 0 Å². The minimum Gasteiger partial charge on any atom is -0.261 e. The minimum absolute atomic E-state index is 0.772. The molecule has 1 N–H and O–H groups in total. The lowest BCUT2D eigenvalue weighted by Gasteiger charge is -2.06. The van der Waals surface area contributed by atoms with Gasteiger partial charge in [0, 0.05) is 46.1 Å². The molecule has 0 aliphatic rings. The van der Waals surface area contributed by atoms with E-state index in [0.29, 0.717) is 0 Å². The van der Waals surface area contributed by atoms with Gasteiger partial charge in [0.1, 0.15) is 0 Å². The first-order valence-electron chi connectivity index (χ1n) is 9.25. The Kier molecular flexibility index (Phi) is 3.37. The summed E-state index contributed by atoms with van der Waals surface area (Å²) in [6, 6.07) is 18.3. The zero-order valence-corrected chi connectivity index (χ0v) is 15.2. The lowest BCUT2D eigenvalue weighted by molar-refractivity contribution is 1.10. The molecule has 0 aliphatic heterocycles. The van der Waals surface area contributed by atoms with Crippen LogP contribution in [0.3, 0.4) is 0 Å². The Morgan fingerprint density at radius 3 is 2.48 bits per heavy atom. The molecule has 1 aromatic carbocycles. The van der Waals surface area contributed by atoms with Crippen LogP contribution in [0.2, 0.25) is 0 Å². The van der Waals surface area contributed by atoms with Gasteiger partial charge in [-0.3, -0.25) is 15.1 Å². The summed E-state index contributed by atoms with van der Waals surface area (Å²) >= 11 is 0.